The third-order valence-electron chi connectivity index (χ3n) is 5.54. The molecule has 0 radical (unpaired) electrons. The first-order valence-corrected chi connectivity index (χ1v) is 9.41. The number of likely N-dealkylation sites (tertiary alicyclic amines) is 1. The Morgan fingerprint density at radius 2 is 1.96 bits per heavy atom. The van der Waals surface area contributed by atoms with Crippen molar-refractivity contribution >= 4 is 5.91 Å². The van der Waals surface area contributed by atoms with Crippen molar-refractivity contribution in [3.63, 3.8) is 0 Å². The van der Waals surface area contributed by atoms with Crippen molar-refractivity contribution in [1.82, 2.24) is 19.7 Å². The van der Waals surface area contributed by atoms with Crippen molar-refractivity contribution in [1.29, 1.82) is 0 Å². The van der Waals surface area contributed by atoms with Crippen LogP contribution < -0.4 is 0 Å². The minimum atomic E-state index is -0.334. The second-order valence-corrected chi connectivity index (χ2v) is 7.29. The normalized spacial score (nSPS) is 26.4. The maximum Gasteiger partial charge on any atom is 0.222 e. The van der Waals surface area contributed by atoms with Crippen LogP contribution in [-0.4, -0.2) is 89.2 Å². The summed E-state index contributed by atoms with van der Waals surface area (Å²) in [5.74, 6) is 0.190. The van der Waals surface area contributed by atoms with Crippen molar-refractivity contribution in [3.05, 3.63) is 30.1 Å². The molecule has 3 heterocycles. The lowest BCUT2D eigenvalue weighted by molar-refractivity contribution is -0.131. The van der Waals surface area contributed by atoms with Crippen LogP contribution in [0.3, 0.4) is 0 Å². The summed E-state index contributed by atoms with van der Waals surface area (Å²) in [6, 6.07) is 4.10. The van der Waals surface area contributed by atoms with E-state index >= 15 is 0 Å². The summed E-state index contributed by atoms with van der Waals surface area (Å²) in [6.45, 7) is 5.53. The largest absolute Gasteiger partial charge is 0.391 e. The first-order chi connectivity index (χ1) is 12.1. The van der Waals surface area contributed by atoms with Gasteiger partial charge in [-0.2, -0.15) is 0 Å². The molecule has 1 aromatic rings. The van der Waals surface area contributed by atoms with Crippen LogP contribution >= 0.6 is 0 Å². The summed E-state index contributed by atoms with van der Waals surface area (Å²) < 4.78 is 0. The molecule has 0 aliphatic carbocycles. The predicted octanol–water partition coefficient (Wildman–Crippen LogP) is 0.613. The van der Waals surface area contributed by atoms with Gasteiger partial charge in [-0.25, -0.2) is 0 Å². The quantitative estimate of drug-likeness (QED) is 0.866. The van der Waals surface area contributed by atoms with Gasteiger partial charge in [-0.3, -0.25) is 14.7 Å². The topological polar surface area (TPSA) is 59.9 Å². The smallest absolute Gasteiger partial charge is 0.222 e. The van der Waals surface area contributed by atoms with E-state index in [1.807, 2.05) is 23.2 Å². The van der Waals surface area contributed by atoms with Crippen LogP contribution in [0, 0.1) is 0 Å². The molecule has 6 nitrogen and oxygen atoms in total. The Balaban J connectivity index is 1.50. The number of hydrogen-bond acceptors (Lipinski definition) is 5. The van der Waals surface area contributed by atoms with Gasteiger partial charge in [0.1, 0.15) is 0 Å². The van der Waals surface area contributed by atoms with Gasteiger partial charge in [0.25, 0.3) is 0 Å². The number of piperazine rings is 1. The van der Waals surface area contributed by atoms with Crippen molar-refractivity contribution < 1.29 is 9.90 Å². The van der Waals surface area contributed by atoms with Crippen molar-refractivity contribution in [3.8, 4) is 0 Å². The molecule has 0 spiro atoms. The Morgan fingerprint density at radius 3 is 2.68 bits per heavy atom. The van der Waals surface area contributed by atoms with Gasteiger partial charge in [0.2, 0.25) is 5.91 Å². The molecule has 0 saturated carbocycles. The number of aryl methyl sites for hydroxylation is 1. The zero-order valence-corrected chi connectivity index (χ0v) is 15.2. The van der Waals surface area contributed by atoms with Gasteiger partial charge >= 0.3 is 0 Å². The van der Waals surface area contributed by atoms with Gasteiger partial charge < -0.3 is 14.9 Å². The zero-order valence-electron chi connectivity index (χ0n) is 15.2. The standard InChI is InChI=1S/C19H30N4O2/c1-21-11-13-22(14-12-21)17-6-9-23(10-7-18(17)24)19(25)5-4-16-3-2-8-20-15-16/h2-3,8,15,17-18,24H,4-7,9-14H2,1H3/t17-,18-/m0/s1. The highest BCUT2D eigenvalue weighted by molar-refractivity contribution is 5.76. The Morgan fingerprint density at radius 1 is 1.20 bits per heavy atom. The van der Waals surface area contributed by atoms with Gasteiger partial charge in [0.15, 0.2) is 0 Å². The first kappa shape index (κ1) is 18.3. The Labute approximate surface area is 150 Å². The highest BCUT2D eigenvalue weighted by atomic mass is 16.3. The molecule has 138 valence electrons. The lowest BCUT2D eigenvalue weighted by Crippen LogP contribution is -2.52. The predicted molar refractivity (Wildman–Crippen MR) is 97.2 cm³/mol. The molecule has 0 unspecified atom stereocenters. The number of likely N-dealkylation sites (N-methyl/N-ethyl adjacent to an activating group) is 1. The van der Waals surface area contributed by atoms with Gasteiger partial charge in [0.05, 0.1) is 6.10 Å². The molecule has 2 aliphatic heterocycles. The highest BCUT2D eigenvalue weighted by Crippen LogP contribution is 2.20. The van der Waals surface area contributed by atoms with Crippen molar-refractivity contribution in [2.75, 3.05) is 46.3 Å². The fourth-order valence-electron chi connectivity index (χ4n) is 3.86. The number of nitrogens with zero attached hydrogens (tertiary/aromatic N) is 4. The van der Waals surface area contributed by atoms with Gasteiger partial charge in [-0.15, -0.1) is 0 Å². The fourth-order valence-corrected chi connectivity index (χ4v) is 3.86. The third-order valence-corrected chi connectivity index (χ3v) is 5.54. The highest BCUT2D eigenvalue weighted by Gasteiger charge is 2.32. The lowest BCUT2D eigenvalue weighted by atomic mass is 10.0. The van der Waals surface area contributed by atoms with E-state index in [4.69, 9.17) is 0 Å². The summed E-state index contributed by atoms with van der Waals surface area (Å²) in [5.41, 5.74) is 1.10. The number of rotatable bonds is 4. The number of carbonyl (C=O) groups is 1. The summed E-state index contributed by atoms with van der Waals surface area (Å²) in [4.78, 5) is 23.3. The van der Waals surface area contributed by atoms with Crippen molar-refractivity contribution in [2.45, 2.75) is 37.8 Å². The molecule has 2 atom stereocenters. The lowest BCUT2D eigenvalue weighted by Gasteiger charge is -2.39. The van der Waals surface area contributed by atoms with Gasteiger partial charge in [-0.05, 0) is 37.9 Å². The molecule has 1 N–H and O–H groups in total. The molecule has 2 saturated heterocycles. The second-order valence-electron chi connectivity index (χ2n) is 7.29. The molecule has 25 heavy (non-hydrogen) atoms. The minimum absolute atomic E-state index is 0.185. The number of aliphatic hydroxyl groups is 1. The van der Waals surface area contributed by atoms with Crippen LogP contribution in [0.5, 0.6) is 0 Å². The van der Waals surface area contributed by atoms with Crippen LogP contribution in [-0.2, 0) is 11.2 Å². The van der Waals surface area contributed by atoms with Crippen LogP contribution in [0.15, 0.2) is 24.5 Å². The van der Waals surface area contributed by atoms with E-state index in [-0.39, 0.29) is 18.1 Å². The van der Waals surface area contributed by atoms with Gasteiger partial charge in [-0.1, -0.05) is 6.07 Å². The molecule has 2 aliphatic rings. The average Bonchev–Trinajstić information content (AvgIpc) is 2.83. The Hall–Kier alpha value is -1.50. The number of pyridine rings is 1. The fraction of sp³-hybridized carbons (Fsp3) is 0.684. The van der Waals surface area contributed by atoms with E-state index in [0.717, 1.165) is 51.1 Å². The van der Waals surface area contributed by atoms with Crippen LogP contribution in [0.4, 0.5) is 0 Å². The first-order valence-electron chi connectivity index (χ1n) is 9.41. The van der Waals surface area contributed by atoms with Crippen molar-refractivity contribution in [2.24, 2.45) is 0 Å². The number of carbonyl (C=O) groups excluding carboxylic acids is 1. The van der Waals surface area contributed by atoms with E-state index in [0.29, 0.717) is 19.4 Å². The zero-order chi connectivity index (χ0) is 17.6. The van der Waals surface area contributed by atoms with E-state index in [1.54, 1.807) is 6.20 Å². The summed E-state index contributed by atoms with van der Waals surface area (Å²) >= 11 is 0. The summed E-state index contributed by atoms with van der Waals surface area (Å²) in [6.07, 6.45) is 6.02. The summed E-state index contributed by atoms with van der Waals surface area (Å²) in [7, 11) is 2.14. The molecule has 1 amide bonds. The maximum absolute atomic E-state index is 12.6. The van der Waals surface area contributed by atoms with E-state index in [1.165, 1.54) is 0 Å². The molecular weight excluding hydrogens is 316 g/mol. The monoisotopic (exact) mass is 346 g/mol. The molecule has 3 rings (SSSR count). The minimum Gasteiger partial charge on any atom is -0.391 e. The van der Waals surface area contributed by atoms with Crippen LogP contribution in [0.25, 0.3) is 0 Å². The second kappa shape index (κ2) is 8.74. The Bertz CT molecular complexity index is 546. The van der Waals surface area contributed by atoms with Crippen LogP contribution in [0.1, 0.15) is 24.8 Å². The molecule has 6 heteroatoms. The third kappa shape index (κ3) is 5.00. The molecule has 1 aromatic heterocycles. The number of aromatic nitrogens is 1. The van der Waals surface area contributed by atoms with E-state index in [2.05, 4.69) is 21.8 Å². The number of amides is 1. The molecular formula is C19H30N4O2. The van der Waals surface area contributed by atoms with Gasteiger partial charge in [0, 0.05) is 64.1 Å². The summed E-state index contributed by atoms with van der Waals surface area (Å²) in [5, 5.41) is 10.6. The number of aliphatic hydroxyl groups excluding tert-OH is 1. The number of hydrogen-bond donors (Lipinski definition) is 1. The molecule has 0 bridgehead atoms. The van der Waals surface area contributed by atoms with Crippen LogP contribution in [0.2, 0.25) is 0 Å². The molecule has 0 aromatic carbocycles. The average molecular weight is 346 g/mol. The Kier molecular flexibility index (Phi) is 6.39. The van der Waals surface area contributed by atoms with E-state index in [9.17, 15) is 9.90 Å². The maximum atomic E-state index is 12.6. The van der Waals surface area contributed by atoms with E-state index < -0.39 is 0 Å². The SMILES string of the molecule is CN1CCN([C@H]2CCN(C(=O)CCc3cccnc3)CC[C@@H]2O)CC1. The molecule has 2 fully saturated rings.